The quantitative estimate of drug-likeness (QED) is 0.789. The molecular weight excluding hydrogens is 296 g/mol. The highest BCUT2D eigenvalue weighted by atomic mass is 79.9. The van der Waals surface area contributed by atoms with Crippen molar-refractivity contribution >= 4 is 21.8 Å². The van der Waals surface area contributed by atoms with Crippen molar-refractivity contribution in [2.45, 2.75) is 19.6 Å². The molecule has 98 valence electrons. The molecule has 0 saturated carbocycles. The first-order valence-electron chi connectivity index (χ1n) is 5.62. The Morgan fingerprint density at radius 1 is 1.67 bits per heavy atom. The van der Waals surface area contributed by atoms with E-state index in [0.717, 1.165) is 10.0 Å². The molecule has 0 spiro atoms. The molecule has 0 aromatic heterocycles. The van der Waals surface area contributed by atoms with Gasteiger partial charge in [-0.15, -0.1) is 6.58 Å². The lowest BCUT2D eigenvalue weighted by Crippen LogP contribution is -2.36. The highest BCUT2D eigenvalue weighted by molar-refractivity contribution is 9.10. The van der Waals surface area contributed by atoms with Crippen LogP contribution in [0, 0.1) is 0 Å². The predicted molar refractivity (Wildman–Crippen MR) is 75.3 cm³/mol. The third-order valence-electron chi connectivity index (χ3n) is 2.34. The van der Waals surface area contributed by atoms with Crippen molar-refractivity contribution in [2.24, 2.45) is 5.73 Å². The molecule has 1 aromatic rings. The maximum atomic E-state index is 11.6. The third-order valence-corrected chi connectivity index (χ3v) is 3.11. The van der Waals surface area contributed by atoms with Gasteiger partial charge >= 0.3 is 0 Å². The lowest BCUT2D eigenvalue weighted by Gasteiger charge is -2.15. The molecule has 1 rings (SSSR count). The van der Waals surface area contributed by atoms with Gasteiger partial charge in [-0.1, -0.05) is 22.0 Å². The average Bonchev–Trinajstić information content (AvgIpc) is 2.37. The molecule has 0 heterocycles. The molecule has 0 aliphatic carbocycles. The minimum absolute atomic E-state index is 0.174. The topological polar surface area (TPSA) is 64.3 Å². The zero-order valence-electron chi connectivity index (χ0n) is 10.3. The molecule has 0 bridgehead atoms. The SMILES string of the molecule is C=CCNC(=O)C(C)Oc1ccc(Br)c(CN)c1. The second-order valence-electron chi connectivity index (χ2n) is 3.75. The number of carbonyl (C=O) groups is 1. The van der Waals surface area contributed by atoms with Gasteiger partial charge in [0.05, 0.1) is 0 Å². The summed E-state index contributed by atoms with van der Waals surface area (Å²) in [7, 11) is 0. The van der Waals surface area contributed by atoms with Crippen molar-refractivity contribution in [3.8, 4) is 5.75 Å². The lowest BCUT2D eigenvalue weighted by molar-refractivity contribution is -0.127. The van der Waals surface area contributed by atoms with Crippen LogP contribution in [0.4, 0.5) is 0 Å². The van der Waals surface area contributed by atoms with Crippen LogP contribution in [0.15, 0.2) is 35.3 Å². The summed E-state index contributed by atoms with van der Waals surface area (Å²) in [6, 6.07) is 5.47. The zero-order chi connectivity index (χ0) is 13.5. The summed E-state index contributed by atoms with van der Waals surface area (Å²) in [4.78, 5) is 11.6. The van der Waals surface area contributed by atoms with Gasteiger partial charge < -0.3 is 15.8 Å². The smallest absolute Gasteiger partial charge is 0.261 e. The standard InChI is InChI=1S/C13H17BrN2O2/c1-3-6-16-13(17)9(2)18-11-4-5-12(14)10(7-11)8-15/h3-5,7,9H,1,6,8,15H2,2H3,(H,16,17). The molecule has 4 nitrogen and oxygen atoms in total. The zero-order valence-corrected chi connectivity index (χ0v) is 11.9. The minimum Gasteiger partial charge on any atom is -0.481 e. The summed E-state index contributed by atoms with van der Waals surface area (Å²) in [6.45, 7) is 6.07. The summed E-state index contributed by atoms with van der Waals surface area (Å²) >= 11 is 3.39. The fourth-order valence-electron chi connectivity index (χ4n) is 1.35. The first-order valence-corrected chi connectivity index (χ1v) is 6.41. The van der Waals surface area contributed by atoms with Gasteiger partial charge in [0.15, 0.2) is 6.10 Å². The van der Waals surface area contributed by atoms with E-state index in [1.807, 2.05) is 12.1 Å². The van der Waals surface area contributed by atoms with Gasteiger partial charge in [-0.05, 0) is 30.7 Å². The van der Waals surface area contributed by atoms with Crippen molar-refractivity contribution in [1.82, 2.24) is 5.32 Å². The van der Waals surface area contributed by atoms with Crippen LogP contribution in [0.3, 0.4) is 0 Å². The fourth-order valence-corrected chi connectivity index (χ4v) is 1.76. The van der Waals surface area contributed by atoms with E-state index in [4.69, 9.17) is 10.5 Å². The molecular formula is C13H17BrN2O2. The number of nitrogens with two attached hydrogens (primary N) is 1. The van der Waals surface area contributed by atoms with Gasteiger partial charge in [-0.25, -0.2) is 0 Å². The van der Waals surface area contributed by atoms with Crippen molar-refractivity contribution in [3.05, 3.63) is 40.9 Å². The lowest BCUT2D eigenvalue weighted by atomic mass is 10.2. The molecule has 18 heavy (non-hydrogen) atoms. The van der Waals surface area contributed by atoms with Gasteiger partial charge in [0.25, 0.3) is 5.91 Å². The number of amides is 1. The number of benzene rings is 1. The van der Waals surface area contributed by atoms with Crippen molar-refractivity contribution in [3.63, 3.8) is 0 Å². The fraction of sp³-hybridized carbons (Fsp3) is 0.308. The van der Waals surface area contributed by atoms with Crippen molar-refractivity contribution < 1.29 is 9.53 Å². The Morgan fingerprint density at radius 2 is 2.39 bits per heavy atom. The Kier molecular flexibility index (Phi) is 5.88. The third kappa shape index (κ3) is 4.16. The highest BCUT2D eigenvalue weighted by Gasteiger charge is 2.14. The summed E-state index contributed by atoms with van der Waals surface area (Å²) in [5.41, 5.74) is 6.54. The molecule has 0 radical (unpaired) electrons. The van der Waals surface area contributed by atoms with Crippen LogP contribution in [0.25, 0.3) is 0 Å². The first-order chi connectivity index (χ1) is 8.58. The number of ether oxygens (including phenoxy) is 1. The maximum absolute atomic E-state index is 11.6. The second kappa shape index (κ2) is 7.18. The molecule has 0 aliphatic rings. The van der Waals surface area contributed by atoms with Crippen molar-refractivity contribution in [1.29, 1.82) is 0 Å². The monoisotopic (exact) mass is 312 g/mol. The van der Waals surface area contributed by atoms with Gasteiger partial charge in [-0.3, -0.25) is 4.79 Å². The summed E-state index contributed by atoms with van der Waals surface area (Å²) in [6.07, 6.45) is 1.06. The number of hydrogen-bond donors (Lipinski definition) is 2. The predicted octanol–water partition coefficient (Wildman–Crippen LogP) is 1.98. The molecule has 0 fully saturated rings. The number of rotatable bonds is 6. The van der Waals surface area contributed by atoms with Crippen LogP contribution >= 0.6 is 15.9 Å². The average molecular weight is 313 g/mol. The normalized spacial score (nSPS) is 11.7. The van der Waals surface area contributed by atoms with Crippen LogP contribution < -0.4 is 15.8 Å². The molecule has 1 atom stereocenters. The number of nitrogens with one attached hydrogen (secondary N) is 1. The molecule has 5 heteroatoms. The first kappa shape index (κ1) is 14.7. The number of hydrogen-bond acceptors (Lipinski definition) is 3. The van der Waals surface area contributed by atoms with Crippen LogP contribution in [-0.4, -0.2) is 18.6 Å². The van der Waals surface area contributed by atoms with Crippen molar-refractivity contribution in [2.75, 3.05) is 6.54 Å². The minimum atomic E-state index is -0.559. The Balaban J connectivity index is 2.66. The largest absolute Gasteiger partial charge is 0.481 e. The number of carbonyl (C=O) groups excluding carboxylic acids is 1. The molecule has 1 amide bonds. The summed E-state index contributed by atoms with van der Waals surface area (Å²) < 4.78 is 6.48. The van der Waals surface area contributed by atoms with Crippen LogP contribution in [0.2, 0.25) is 0 Å². The molecule has 0 saturated heterocycles. The van der Waals surface area contributed by atoms with E-state index in [-0.39, 0.29) is 5.91 Å². The van der Waals surface area contributed by atoms with E-state index in [9.17, 15) is 4.79 Å². The molecule has 1 aromatic carbocycles. The summed E-state index contributed by atoms with van der Waals surface area (Å²) in [5.74, 6) is 0.451. The molecule has 3 N–H and O–H groups in total. The molecule has 1 unspecified atom stereocenters. The van der Waals surface area contributed by atoms with E-state index in [1.54, 1.807) is 19.1 Å². The van der Waals surface area contributed by atoms with Gasteiger partial charge in [0.2, 0.25) is 0 Å². The van der Waals surface area contributed by atoms with Crippen LogP contribution in [-0.2, 0) is 11.3 Å². The van der Waals surface area contributed by atoms with Gasteiger partial charge in [0.1, 0.15) is 5.75 Å². The maximum Gasteiger partial charge on any atom is 0.261 e. The van der Waals surface area contributed by atoms with E-state index in [1.165, 1.54) is 0 Å². The summed E-state index contributed by atoms with van der Waals surface area (Å²) in [5, 5.41) is 2.68. The second-order valence-corrected chi connectivity index (χ2v) is 4.61. The van der Waals surface area contributed by atoms with E-state index < -0.39 is 6.10 Å². The Labute approximate surface area is 115 Å². The van der Waals surface area contributed by atoms with Crippen LogP contribution in [0.5, 0.6) is 5.75 Å². The highest BCUT2D eigenvalue weighted by Crippen LogP contribution is 2.22. The molecule has 0 aliphatic heterocycles. The van der Waals surface area contributed by atoms with E-state index in [0.29, 0.717) is 18.8 Å². The van der Waals surface area contributed by atoms with Gasteiger partial charge in [0, 0.05) is 17.6 Å². The Hall–Kier alpha value is -1.33. The van der Waals surface area contributed by atoms with Gasteiger partial charge in [-0.2, -0.15) is 0 Å². The van der Waals surface area contributed by atoms with E-state index >= 15 is 0 Å². The van der Waals surface area contributed by atoms with E-state index in [2.05, 4.69) is 27.8 Å². The van der Waals surface area contributed by atoms with Crippen LogP contribution in [0.1, 0.15) is 12.5 Å². The Morgan fingerprint density at radius 3 is 3.00 bits per heavy atom. The Bertz CT molecular complexity index is 435. The number of halogens is 1.